The molecule has 25 heavy (non-hydrogen) atoms. The molecule has 1 aromatic carbocycles. The lowest BCUT2D eigenvalue weighted by Gasteiger charge is -2.18. The maximum Gasteiger partial charge on any atom is 0.224 e. The number of pyridine rings is 1. The summed E-state index contributed by atoms with van der Waals surface area (Å²) in [6.45, 7) is 1.22. The quantitative estimate of drug-likeness (QED) is 0.758. The molecule has 0 bridgehead atoms. The Hall–Kier alpha value is -2.76. The van der Waals surface area contributed by atoms with E-state index in [1.54, 1.807) is 31.5 Å². The number of rotatable bonds is 9. The molecule has 1 amide bonds. The van der Waals surface area contributed by atoms with Crippen molar-refractivity contribution >= 4 is 11.6 Å². The second-order valence-electron chi connectivity index (χ2n) is 5.66. The van der Waals surface area contributed by atoms with Gasteiger partial charge in [0.05, 0.1) is 19.9 Å². The molecule has 1 heterocycles. The fourth-order valence-electron chi connectivity index (χ4n) is 2.42. The third-order valence-electron chi connectivity index (χ3n) is 3.97. The van der Waals surface area contributed by atoms with E-state index < -0.39 is 0 Å². The first kappa shape index (κ1) is 18.6. The van der Waals surface area contributed by atoms with Gasteiger partial charge in [-0.1, -0.05) is 0 Å². The molecule has 2 aromatic rings. The molecule has 0 aliphatic carbocycles. The Morgan fingerprint density at radius 2 is 1.92 bits per heavy atom. The van der Waals surface area contributed by atoms with Crippen molar-refractivity contribution in [3.8, 4) is 11.5 Å². The minimum Gasteiger partial charge on any atom is -0.497 e. The first-order valence-corrected chi connectivity index (χ1v) is 8.23. The minimum atomic E-state index is 0.100. The zero-order valence-electron chi connectivity index (χ0n) is 15.0. The van der Waals surface area contributed by atoms with Crippen LogP contribution in [-0.2, 0) is 11.2 Å². The molecular weight excluding hydrogens is 318 g/mol. The predicted molar refractivity (Wildman–Crippen MR) is 98.2 cm³/mol. The molecule has 0 saturated heterocycles. The fourth-order valence-corrected chi connectivity index (χ4v) is 2.42. The Labute approximate surface area is 148 Å². The lowest BCUT2D eigenvalue weighted by molar-refractivity contribution is -0.129. The molecule has 0 aliphatic heterocycles. The van der Waals surface area contributed by atoms with Crippen LogP contribution in [0.5, 0.6) is 11.5 Å². The lowest BCUT2D eigenvalue weighted by atomic mass is 10.2. The zero-order chi connectivity index (χ0) is 18.1. The highest BCUT2D eigenvalue weighted by Gasteiger charge is 2.10. The van der Waals surface area contributed by atoms with Crippen molar-refractivity contribution in [2.45, 2.75) is 12.8 Å². The van der Waals surface area contributed by atoms with Gasteiger partial charge in [-0.2, -0.15) is 0 Å². The van der Waals surface area contributed by atoms with E-state index in [0.717, 1.165) is 23.6 Å². The number of likely N-dealkylation sites (N-methyl/N-ethyl adjacent to an activating group) is 1. The van der Waals surface area contributed by atoms with Crippen molar-refractivity contribution in [3.05, 3.63) is 48.3 Å². The molecular formula is C19H25N3O3. The topological polar surface area (TPSA) is 63.7 Å². The number of ether oxygens (including phenoxy) is 2. The molecule has 134 valence electrons. The van der Waals surface area contributed by atoms with Crippen LogP contribution in [0.3, 0.4) is 0 Å². The summed E-state index contributed by atoms with van der Waals surface area (Å²) < 4.78 is 10.5. The molecule has 2 rings (SSSR count). The number of methoxy groups -OCH3 is 2. The van der Waals surface area contributed by atoms with Crippen LogP contribution in [0, 0.1) is 0 Å². The molecule has 0 radical (unpaired) electrons. The van der Waals surface area contributed by atoms with Crippen LogP contribution < -0.4 is 14.8 Å². The molecule has 0 saturated carbocycles. The molecule has 6 nitrogen and oxygen atoms in total. The zero-order valence-corrected chi connectivity index (χ0v) is 15.0. The molecule has 0 atom stereocenters. The molecule has 0 aliphatic rings. The molecule has 0 unspecified atom stereocenters. The Balaban J connectivity index is 1.79. The third kappa shape index (κ3) is 5.67. The Bertz CT molecular complexity index is 677. The van der Waals surface area contributed by atoms with Gasteiger partial charge in [-0.05, 0) is 36.2 Å². The van der Waals surface area contributed by atoms with E-state index in [4.69, 9.17) is 9.47 Å². The van der Waals surface area contributed by atoms with Crippen LogP contribution >= 0.6 is 0 Å². The highest BCUT2D eigenvalue weighted by Crippen LogP contribution is 2.28. The number of amides is 1. The number of carbonyl (C=O) groups excluding carboxylic acids is 1. The minimum absolute atomic E-state index is 0.100. The number of benzene rings is 1. The standard InChI is InChI=1S/C19H25N3O3/c1-22(13-9-15-6-10-20-11-7-15)19(23)8-12-21-17-14-16(24-2)4-5-18(17)25-3/h4-7,10-11,14,21H,8-9,12-13H2,1-3H3. The van der Waals surface area contributed by atoms with Crippen LogP contribution in [-0.4, -0.2) is 50.1 Å². The van der Waals surface area contributed by atoms with Gasteiger partial charge >= 0.3 is 0 Å². The molecule has 0 fully saturated rings. The summed E-state index contributed by atoms with van der Waals surface area (Å²) in [7, 11) is 5.06. The van der Waals surface area contributed by atoms with Crippen molar-refractivity contribution in [3.63, 3.8) is 0 Å². The van der Waals surface area contributed by atoms with Gasteiger partial charge in [-0.15, -0.1) is 0 Å². The number of aromatic nitrogens is 1. The smallest absolute Gasteiger partial charge is 0.224 e. The number of carbonyl (C=O) groups is 1. The molecule has 1 aromatic heterocycles. The highest BCUT2D eigenvalue weighted by molar-refractivity contribution is 5.76. The summed E-state index contributed by atoms with van der Waals surface area (Å²) >= 11 is 0. The van der Waals surface area contributed by atoms with Crippen molar-refractivity contribution < 1.29 is 14.3 Å². The largest absolute Gasteiger partial charge is 0.497 e. The number of anilines is 1. The van der Waals surface area contributed by atoms with Gasteiger partial charge in [0.2, 0.25) is 5.91 Å². The lowest BCUT2D eigenvalue weighted by Crippen LogP contribution is -2.30. The second kappa shape index (κ2) is 9.52. The van der Waals surface area contributed by atoms with E-state index in [2.05, 4.69) is 10.3 Å². The van der Waals surface area contributed by atoms with Gasteiger partial charge in [-0.3, -0.25) is 9.78 Å². The number of hydrogen-bond acceptors (Lipinski definition) is 5. The summed E-state index contributed by atoms with van der Waals surface area (Å²) in [5, 5.41) is 3.24. The van der Waals surface area contributed by atoms with Crippen LogP contribution in [0.25, 0.3) is 0 Å². The van der Waals surface area contributed by atoms with Crippen LogP contribution in [0.15, 0.2) is 42.7 Å². The number of nitrogens with one attached hydrogen (secondary N) is 1. The summed E-state index contributed by atoms with van der Waals surface area (Å²) in [5.41, 5.74) is 1.99. The van der Waals surface area contributed by atoms with E-state index in [9.17, 15) is 4.79 Å². The summed E-state index contributed by atoms with van der Waals surface area (Å²) in [5.74, 6) is 1.56. The van der Waals surface area contributed by atoms with Crippen molar-refractivity contribution in [2.24, 2.45) is 0 Å². The average Bonchev–Trinajstić information content (AvgIpc) is 2.66. The summed E-state index contributed by atoms with van der Waals surface area (Å²) in [4.78, 5) is 18.0. The highest BCUT2D eigenvalue weighted by atomic mass is 16.5. The van der Waals surface area contributed by atoms with E-state index in [1.807, 2.05) is 37.4 Å². The summed E-state index contributed by atoms with van der Waals surface area (Å²) in [6, 6.07) is 9.46. The first-order valence-electron chi connectivity index (χ1n) is 8.23. The molecule has 1 N–H and O–H groups in total. The van der Waals surface area contributed by atoms with E-state index in [1.165, 1.54) is 5.56 Å². The fraction of sp³-hybridized carbons (Fsp3) is 0.368. The summed E-state index contributed by atoms with van der Waals surface area (Å²) in [6.07, 6.45) is 4.76. The van der Waals surface area contributed by atoms with Crippen molar-refractivity contribution in [1.29, 1.82) is 0 Å². The van der Waals surface area contributed by atoms with E-state index >= 15 is 0 Å². The number of hydrogen-bond donors (Lipinski definition) is 1. The monoisotopic (exact) mass is 343 g/mol. The van der Waals surface area contributed by atoms with Crippen molar-refractivity contribution in [2.75, 3.05) is 39.7 Å². The molecule has 6 heteroatoms. The molecule has 0 spiro atoms. The van der Waals surface area contributed by atoms with Gasteiger partial charge in [0.15, 0.2) is 0 Å². The number of nitrogens with zero attached hydrogens (tertiary/aromatic N) is 2. The Kier molecular flexibility index (Phi) is 7.07. The van der Waals surface area contributed by atoms with Crippen LogP contribution in [0.1, 0.15) is 12.0 Å². The average molecular weight is 343 g/mol. The van der Waals surface area contributed by atoms with Gasteiger partial charge < -0.3 is 19.7 Å². The normalized spacial score (nSPS) is 10.2. The van der Waals surface area contributed by atoms with E-state index in [-0.39, 0.29) is 5.91 Å². The van der Waals surface area contributed by atoms with E-state index in [0.29, 0.717) is 19.5 Å². The first-order chi connectivity index (χ1) is 12.1. The third-order valence-corrected chi connectivity index (χ3v) is 3.97. The SMILES string of the molecule is COc1ccc(OC)c(NCCC(=O)N(C)CCc2ccncc2)c1. The Morgan fingerprint density at radius 1 is 1.16 bits per heavy atom. The van der Waals surface area contributed by atoms with Crippen LogP contribution in [0.4, 0.5) is 5.69 Å². The predicted octanol–water partition coefficient (Wildman–Crippen LogP) is 2.60. The Morgan fingerprint density at radius 3 is 2.60 bits per heavy atom. The van der Waals surface area contributed by atoms with Gasteiger partial charge in [0.25, 0.3) is 0 Å². The van der Waals surface area contributed by atoms with Crippen LogP contribution in [0.2, 0.25) is 0 Å². The maximum atomic E-state index is 12.2. The van der Waals surface area contributed by atoms with Crippen molar-refractivity contribution in [1.82, 2.24) is 9.88 Å². The maximum absolute atomic E-state index is 12.2. The van der Waals surface area contributed by atoms with Gasteiger partial charge in [0.1, 0.15) is 11.5 Å². The second-order valence-corrected chi connectivity index (χ2v) is 5.66. The van der Waals surface area contributed by atoms with Gasteiger partial charge in [0, 0.05) is 45.0 Å². The van der Waals surface area contributed by atoms with Gasteiger partial charge in [-0.25, -0.2) is 0 Å².